The molecule has 1 heteroatoms. The molecule has 0 spiro atoms. The minimum atomic E-state index is 0.494. The highest BCUT2D eigenvalue weighted by atomic mass is 14.6. The van der Waals surface area contributed by atoms with Gasteiger partial charge in [0.1, 0.15) is 0 Å². The molecule has 1 nitrogen and oxygen atoms in total. The summed E-state index contributed by atoms with van der Waals surface area (Å²) >= 11 is 0. The van der Waals surface area contributed by atoms with Crippen LogP contribution in [0.4, 0.5) is 0 Å². The summed E-state index contributed by atoms with van der Waals surface area (Å²) in [6.07, 6.45) is 7.81. The van der Waals surface area contributed by atoms with Gasteiger partial charge >= 0.3 is 0 Å². The van der Waals surface area contributed by atoms with Gasteiger partial charge in [-0.15, -0.1) is 0 Å². The van der Waals surface area contributed by atoms with Crippen molar-refractivity contribution >= 4 is 17.0 Å². The van der Waals surface area contributed by atoms with E-state index < -0.39 is 0 Å². The molecule has 0 radical (unpaired) electrons. The molecule has 1 heterocycles. The minimum Gasteiger partial charge on any atom is -0.256 e. The molecule has 0 saturated carbocycles. The smallest absolute Gasteiger partial charge is 0.0711 e. The van der Waals surface area contributed by atoms with Gasteiger partial charge in [-0.3, -0.25) is 4.98 Å². The van der Waals surface area contributed by atoms with Gasteiger partial charge in [-0.1, -0.05) is 44.7 Å². The Morgan fingerprint density at radius 2 is 2.00 bits per heavy atom. The molecule has 0 aliphatic carbocycles. The van der Waals surface area contributed by atoms with Crippen LogP contribution in [0.1, 0.15) is 36.5 Å². The maximum atomic E-state index is 4.47. The summed E-state index contributed by atoms with van der Waals surface area (Å²) in [4.78, 5) is 4.47. The Morgan fingerprint density at radius 3 is 2.67 bits per heavy atom. The summed E-state index contributed by atoms with van der Waals surface area (Å²) in [7, 11) is 0. The van der Waals surface area contributed by atoms with Crippen LogP contribution in [0.3, 0.4) is 0 Å². The molecule has 0 fully saturated rings. The zero-order chi connectivity index (χ0) is 13.1. The minimum absolute atomic E-state index is 0.494. The highest BCUT2D eigenvalue weighted by molar-refractivity contribution is 5.92. The number of rotatable bonds is 3. The number of benzene rings is 1. The van der Waals surface area contributed by atoms with E-state index in [0.717, 1.165) is 5.52 Å². The second-order valence-corrected chi connectivity index (χ2v) is 4.84. The highest BCUT2D eigenvalue weighted by Gasteiger charge is 2.10. The lowest BCUT2D eigenvalue weighted by Crippen LogP contribution is -1.95. The third kappa shape index (κ3) is 2.21. The van der Waals surface area contributed by atoms with Crippen LogP contribution >= 0.6 is 0 Å². The van der Waals surface area contributed by atoms with Crippen LogP contribution in [0.2, 0.25) is 0 Å². The monoisotopic (exact) mass is 237 g/mol. The normalized spacial score (nSPS) is 11.6. The summed E-state index contributed by atoms with van der Waals surface area (Å²) < 4.78 is 0. The third-order valence-corrected chi connectivity index (χ3v) is 3.22. The van der Waals surface area contributed by atoms with Gasteiger partial charge in [-0.05, 0) is 41.7 Å². The molecule has 92 valence electrons. The van der Waals surface area contributed by atoms with Crippen molar-refractivity contribution < 1.29 is 0 Å². The van der Waals surface area contributed by atoms with Crippen molar-refractivity contribution in [1.29, 1.82) is 0 Å². The average molecular weight is 237 g/mol. The van der Waals surface area contributed by atoms with E-state index >= 15 is 0 Å². The Bertz CT molecular complexity index is 606. The Morgan fingerprint density at radius 1 is 1.22 bits per heavy atom. The van der Waals surface area contributed by atoms with Crippen LogP contribution in [0.5, 0.6) is 0 Å². The van der Waals surface area contributed by atoms with Crippen molar-refractivity contribution in [2.45, 2.75) is 26.7 Å². The molecule has 0 bridgehead atoms. The molecular weight excluding hydrogens is 218 g/mol. The molecule has 0 aliphatic rings. The number of fused-ring (bicyclic) bond motifs is 1. The van der Waals surface area contributed by atoms with Gasteiger partial charge in [0.15, 0.2) is 0 Å². The lowest BCUT2D eigenvalue weighted by Gasteiger charge is -2.13. The van der Waals surface area contributed by atoms with Crippen LogP contribution in [0.15, 0.2) is 43.1 Å². The Labute approximate surface area is 109 Å². The summed E-state index contributed by atoms with van der Waals surface area (Å²) in [5, 5.41) is 1.27. The Hall–Kier alpha value is -1.89. The van der Waals surface area contributed by atoms with Gasteiger partial charge in [0.2, 0.25) is 0 Å². The van der Waals surface area contributed by atoms with E-state index in [4.69, 9.17) is 0 Å². The van der Waals surface area contributed by atoms with E-state index in [1.54, 1.807) is 0 Å². The van der Waals surface area contributed by atoms with Crippen molar-refractivity contribution in [2.24, 2.45) is 0 Å². The van der Waals surface area contributed by atoms with Crippen molar-refractivity contribution in [1.82, 2.24) is 4.98 Å². The number of hydrogen-bond donors (Lipinski definition) is 0. The molecule has 1 aromatic heterocycles. The number of pyridine rings is 1. The van der Waals surface area contributed by atoms with Crippen LogP contribution in [-0.4, -0.2) is 4.98 Å². The highest BCUT2D eigenvalue weighted by Crippen LogP contribution is 2.29. The van der Waals surface area contributed by atoms with E-state index in [1.165, 1.54) is 22.1 Å². The number of hydrogen-bond acceptors (Lipinski definition) is 1. The fraction of sp³-hybridized carbons (Fsp3) is 0.235. The lowest BCUT2D eigenvalue weighted by atomic mass is 9.93. The number of aromatic nitrogens is 1. The van der Waals surface area contributed by atoms with Crippen LogP contribution in [-0.2, 0) is 0 Å². The molecule has 0 saturated heterocycles. The number of aryl methyl sites for hydroxylation is 1. The lowest BCUT2D eigenvalue weighted by molar-refractivity contribution is 0.874. The zero-order valence-electron chi connectivity index (χ0n) is 11.3. The first kappa shape index (κ1) is 12.6. The molecule has 2 rings (SSSR count). The van der Waals surface area contributed by atoms with Gasteiger partial charge in [-0.2, -0.15) is 0 Å². The zero-order valence-corrected chi connectivity index (χ0v) is 11.3. The first-order valence-electron chi connectivity index (χ1n) is 6.32. The van der Waals surface area contributed by atoms with E-state index in [2.05, 4.69) is 56.6 Å². The fourth-order valence-electron chi connectivity index (χ4n) is 2.26. The number of allylic oxidation sites excluding steroid dienone is 2. The van der Waals surface area contributed by atoms with Gasteiger partial charge < -0.3 is 0 Å². The Kier molecular flexibility index (Phi) is 3.61. The standard InChI is InChI=1S/C17H19N/c1-5-6-7-15-13(4)8-9-16-17(15)14(12(2)3)10-11-18-16/h5-12H,1H2,2-4H3/b7-6-. The van der Waals surface area contributed by atoms with Crippen molar-refractivity contribution in [3.05, 3.63) is 59.8 Å². The predicted molar refractivity (Wildman–Crippen MR) is 79.8 cm³/mol. The quantitative estimate of drug-likeness (QED) is 0.694. The average Bonchev–Trinajstić information content (AvgIpc) is 2.36. The molecule has 0 amide bonds. The van der Waals surface area contributed by atoms with Crippen LogP contribution < -0.4 is 0 Å². The molecule has 0 N–H and O–H groups in total. The van der Waals surface area contributed by atoms with E-state index in [9.17, 15) is 0 Å². The molecule has 18 heavy (non-hydrogen) atoms. The second-order valence-electron chi connectivity index (χ2n) is 4.84. The largest absolute Gasteiger partial charge is 0.256 e. The molecule has 0 aliphatic heterocycles. The van der Waals surface area contributed by atoms with E-state index in [1.807, 2.05) is 18.3 Å². The van der Waals surface area contributed by atoms with Crippen LogP contribution in [0, 0.1) is 6.92 Å². The SMILES string of the molecule is C=C/C=C\c1c(C)ccc2nccc(C(C)C)c12. The van der Waals surface area contributed by atoms with Crippen molar-refractivity contribution in [3.63, 3.8) is 0 Å². The molecule has 1 aromatic carbocycles. The maximum absolute atomic E-state index is 4.47. The summed E-state index contributed by atoms with van der Waals surface area (Å²) in [5.74, 6) is 0.494. The topological polar surface area (TPSA) is 12.9 Å². The van der Waals surface area contributed by atoms with Gasteiger partial charge in [-0.25, -0.2) is 0 Å². The van der Waals surface area contributed by atoms with Crippen molar-refractivity contribution in [3.8, 4) is 0 Å². The first-order chi connectivity index (χ1) is 8.65. The first-order valence-corrected chi connectivity index (χ1v) is 6.32. The third-order valence-electron chi connectivity index (χ3n) is 3.22. The molecule has 0 atom stereocenters. The van der Waals surface area contributed by atoms with Gasteiger partial charge in [0.25, 0.3) is 0 Å². The van der Waals surface area contributed by atoms with Crippen LogP contribution in [0.25, 0.3) is 17.0 Å². The molecule has 2 aromatic rings. The van der Waals surface area contributed by atoms with E-state index in [-0.39, 0.29) is 0 Å². The van der Waals surface area contributed by atoms with Gasteiger partial charge in [0.05, 0.1) is 5.52 Å². The Balaban J connectivity index is 2.84. The van der Waals surface area contributed by atoms with Crippen molar-refractivity contribution in [2.75, 3.05) is 0 Å². The molecular formula is C17H19N. The maximum Gasteiger partial charge on any atom is 0.0711 e. The second kappa shape index (κ2) is 5.18. The summed E-state index contributed by atoms with van der Waals surface area (Å²) in [5.41, 5.74) is 4.95. The summed E-state index contributed by atoms with van der Waals surface area (Å²) in [6, 6.07) is 6.35. The molecule has 0 unspecified atom stereocenters. The fourth-order valence-corrected chi connectivity index (χ4v) is 2.26. The number of nitrogens with zero attached hydrogens (tertiary/aromatic N) is 1. The van der Waals surface area contributed by atoms with E-state index in [0.29, 0.717) is 5.92 Å². The predicted octanol–water partition coefficient (Wildman–Crippen LogP) is 4.87. The summed E-state index contributed by atoms with van der Waals surface area (Å²) in [6.45, 7) is 10.3. The van der Waals surface area contributed by atoms with Gasteiger partial charge in [0, 0.05) is 11.6 Å².